The summed E-state index contributed by atoms with van der Waals surface area (Å²) in [4.78, 5) is 16.6. The number of amides is 1. The maximum atomic E-state index is 12.4. The van der Waals surface area contributed by atoms with Crippen LogP contribution >= 0.6 is 11.3 Å². The Morgan fingerprint density at radius 3 is 2.56 bits per heavy atom. The number of aromatic nitrogens is 1. The zero-order valence-corrected chi connectivity index (χ0v) is 16.0. The number of benzene rings is 2. The molecule has 0 aliphatic carbocycles. The number of sulfonamides is 1. The summed E-state index contributed by atoms with van der Waals surface area (Å²) in [6, 6.07) is 13.2. The monoisotopic (exact) mass is 403 g/mol. The lowest BCUT2D eigenvalue weighted by molar-refractivity contribution is 0.102. The summed E-state index contributed by atoms with van der Waals surface area (Å²) in [5, 5.41) is 4.66. The standard InChI is InChI=1S/C18H17N3O4S2/c1-27(23,24)21-15-7-5-14(6-8-15)20-18(22)13-3-2-4-17(9-13)25-10-16-11-26-12-19-16/h2-9,11-12,21H,10H2,1H3,(H,20,22). The average Bonchev–Trinajstić information content (AvgIpc) is 3.14. The number of carbonyl (C=O) groups excluding carboxylic acids is 1. The second-order valence-corrected chi connectivity index (χ2v) is 8.17. The lowest BCUT2D eigenvalue weighted by Gasteiger charge is -2.09. The molecule has 9 heteroatoms. The Balaban J connectivity index is 1.63. The number of thiazole rings is 1. The van der Waals surface area contributed by atoms with Crippen molar-refractivity contribution < 1.29 is 17.9 Å². The minimum absolute atomic E-state index is 0.294. The van der Waals surface area contributed by atoms with Gasteiger partial charge in [-0.1, -0.05) is 6.07 Å². The Morgan fingerprint density at radius 2 is 1.89 bits per heavy atom. The second kappa shape index (κ2) is 8.19. The number of ether oxygens (including phenoxy) is 1. The molecule has 0 bridgehead atoms. The van der Waals surface area contributed by atoms with E-state index in [0.29, 0.717) is 29.3 Å². The first kappa shape index (κ1) is 18.9. The van der Waals surface area contributed by atoms with Crippen LogP contribution < -0.4 is 14.8 Å². The molecule has 3 aromatic rings. The van der Waals surface area contributed by atoms with Crippen LogP contribution in [0.15, 0.2) is 59.4 Å². The summed E-state index contributed by atoms with van der Waals surface area (Å²) in [5.41, 5.74) is 3.99. The van der Waals surface area contributed by atoms with E-state index in [0.717, 1.165) is 11.9 Å². The van der Waals surface area contributed by atoms with Crippen LogP contribution in [0.2, 0.25) is 0 Å². The molecule has 27 heavy (non-hydrogen) atoms. The minimum atomic E-state index is -3.34. The summed E-state index contributed by atoms with van der Waals surface area (Å²) < 4.78 is 30.4. The summed E-state index contributed by atoms with van der Waals surface area (Å²) in [6.45, 7) is 0.337. The van der Waals surface area contributed by atoms with Crippen LogP contribution in [0.3, 0.4) is 0 Å². The SMILES string of the molecule is CS(=O)(=O)Nc1ccc(NC(=O)c2cccc(OCc3cscn3)c2)cc1. The molecule has 0 aliphatic rings. The van der Waals surface area contributed by atoms with E-state index in [9.17, 15) is 13.2 Å². The molecule has 1 amide bonds. The molecule has 0 saturated heterocycles. The van der Waals surface area contributed by atoms with Gasteiger partial charge in [0.05, 0.1) is 17.5 Å². The van der Waals surface area contributed by atoms with Gasteiger partial charge in [0, 0.05) is 22.3 Å². The Labute approximate surface area is 161 Å². The average molecular weight is 403 g/mol. The van der Waals surface area contributed by atoms with E-state index in [1.807, 2.05) is 5.38 Å². The van der Waals surface area contributed by atoms with E-state index < -0.39 is 10.0 Å². The third-order valence-electron chi connectivity index (χ3n) is 3.41. The van der Waals surface area contributed by atoms with Gasteiger partial charge in [-0.15, -0.1) is 11.3 Å². The van der Waals surface area contributed by atoms with Crippen molar-refractivity contribution in [3.63, 3.8) is 0 Å². The van der Waals surface area contributed by atoms with Gasteiger partial charge in [0.15, 0.2) is 0 Å². The predicted molar refractivity (Wildman–Crippen MR) is 106 cm³/mol. The Bertz CT molecular complexity index is 1020. The van der Waals surface area contributed by atoms with E-state index in [4.69, 9.17) is 4.74 Å². The van der Waals surface area contributed by atoms with Crippen molar-refractivity contribution in [3.8, 4) is 5.75 Å². The third-order valence-corrected chi connectivity index (χ3v) is 4.65. The third kappa shape index (κ3) is 5.80. The molecule has 0 saturated carbocycles. The number of rotatable bonds is 7. The summed E-state index contributed by atoms with van der Waals surface area (Å²) in [5.74, 6) is 0.279. The van der Waals surface area contributed by atoms with Crippen LogP contribution in [0.25, 0.3) is 0 Å². The molecule has 0 aliphatic heterocycles. The van der Waals surface area contributed by atoms with Gasteiger partial charge in [-0.2, -0.15) is 0 Å². The number of nitrogens with one attached hydrogen (secondary N) is 2. The molecule has 2 aromatic carbocycles. The van der Waals surface area contributed by atoms with Gasteiger partial charge in [-0.3, -0.25) is 9.52 Å². The van der Waals surface area contributed by atoms with Gasteiger partial charge in [-0.25, -0.2) is 13.4 Å². The molecule has 0 unspecified atom stereocenters. The van der Waals surface area contributed by atoms with Crippen LogP contribution in [-0.4, -0.2) is 25.6 Å². The maximum Gasteiger partial charge on any atom is 0.255 e. The van der Waals surface area contributed by atoms with E-state index in [1.54, 1.807) is 54.0 Å². The lowest BCUT2D eigenvalue weighted by atomic mass is 10.2. The fraction of sp³-hybridized carbons (Fsp3) is 0.111. The lowest BCUT2D eigenvalue weighted by Crippen LogP contribution is -2.12. The first-order valence-corrected chi connectivity index (χ1v) is 10.7. The normalized spacial score (nSPS) is 11.0. The van der Waals surface area contributed by atoms with Gasteiger partial charge < -0.3 is 10.1 Å². The highest BCUT2D eigenvalue weighted by Gasteiger charge is 2.08. The van der Waals surface area contributed by atoms with Gasteiger partial charge in [0.2, 0.25) is 10.0 Å². The van der Waals surface area contributed by atoms with Gasteiger partial charge in [0.1, 0.15) is 12.4 Å². The topological polar surface area (TPSA) is 97.4 Å². The van der Waals surface area contributed by atoms with Crippen molar-refractivity contribution in [1.29, 1.82) is 0 Å². The van der Waals surface area contributed by atoms with E-state index >= 15 is 0 Å². The van der Waals surface area contributed by atoms with Crippen LogP contribution in [0.1, 0.15) is 16.1 Å². The molecule has 7 nitrogen and oxygen atoms in total. The number of hydrogen-bond donors (Lipinski definition) is 2. The zero-order valence-electron chi connectivity index (χ0n) is 14.4. The van der Waals surface area contributed by atoms with E-state index in [2.05, 4.69) is 15.0 Å². The number of anilines is 2. The molecule has 1 heterocycles. The van der Waals surface area contributed by atoms with E-state index in [-0.39, 0.29) is 5.91 Å². The molecule has 0 fully saturated rings. The van der Waals surface area contributed by atoms with Gasteiger partial charge in [-0.05, 0) is 42.5 Å². The first-order valence-electron chi connectivity index (χ1n) is 7.88. The van der Waals surface area contributed by atoms with Crippen molar-refractivity contribution in [2.45, 2.75) is 6.61 Å². The van der Waals surface area contributed by atoms with Gasteiger partial charge >= 0.3 is 0 Å². The first-order chi connectivity index (χ1) is 12.9. The smallest absolute Gasteiger partial charge is 0.255 e. The van der Waals surface area contributed by atoms with Crippen molar-refractivity contribution in [3.05, 3.63) is 70.7 Å². The largest absolute Gasteiger partial charge is 0.487 e. The molecule has 140 valence electrons. The molecular weight excluding hydrogens is 386 g/mol. The van der Waals surface area contributed by atoms with Crippen molar-refractivity contribution in [2.75, 3.05) is 16.3 Å². The maximum absolute atomic E-state index is 12.4. The van der Waals surface area contributed by atoms with Crippen molar-refractivity contribution >= 4 is 38.6 Å². The highest BCUT2D eigenvalue weighted by atomic mass is 32.2. The van der Waals surface area contributed by atoms with Crippen LogP contribution in [0.5, 0.6) is 5.75 Å². The number of carbonyl (C=O) groups is 1. The molecule has 0 radical (unpaired) electrons. The molecule has 1 aromatic heterocycles. The van der Waals surface area contributed by atoms with E-state index in [1.165, 1.54) is 11.3 Å². The molecule has 0 atom stereocenters. The molecular formula is C18H17N3O4S2. The number of hydrogen-bond acceptors (Lipinski definition) is 6. The summed E-state index contributed by atoms with van der Waals surface area (Å²) >= 11 is 1.49. The minimum Gasteiger partial charge on any atom is -0.487 e. The molecule has 3 rings (SSSR count). The summed E-state index contributed by atoms with van der Waals surface area (Å²) in [7, 11) is -3.34. The quantitative estimate of drug-likeness (QED) is 0.631. The number of nitrogens with zero attached hydrogens (tertiary/aromatic N) is 1. The van der Waals surface area contributed by atoms with Gasteiger partial charge in [0.25, 0.3) is 5.91 Å². The van der Waals surface area contributed by atoms with Crippen LogP contribution in [0.4, 0.5) is 11.4 Å². The fourth-order valence-electron chi connectivity index (χ4n) is 2.23. The Hall–Kier alpha value is -2.91. The molecule has 2 N–H and O–H groups in total. The van der Waals surface area contributed by atoms with Crippen molar-refractivity contribution in [1.82, 2.24) is 4.98 Å². The fourth-order valence-corrected chi connectivity index (χ4v) is 3.34. The Morgan fingerprint density at radius 1 is 1.15 bits per heavy atom. The predicted octanol–water partition coefficient (Wildman–Crippen LogP) is 3.35. The highest BCUT2D eigenvalue weighted by molar-refractivity contribution is 7.92. The zero-order chi connectivity index (χ0) is 19.3. The molecule has 0 spiro atoms. The Kier molecular flexibility index (Phi) is 5.72. The van der Waals surface area contributed by atoms with Crippen LogP contribution in [-0.2, 0) is 16.6 Å². The second-order valence-electron chi connectivity index (χ2n) is 5.70. The highest BCUT2D eigenvalue weighted by Crippen LogP contribution is 2.18. The summed E-state index contributed by atoms with van der Waals surface area (Å²) in [6.07, 6.45) is 1.08. The van der Waals surface area contributed by atoms with Crippen LogP contribution in [0, 0.1) is 0 Å². The van der Waals surface area contributed by atoms with Crippen molar-refractivity contribution in [2.24, 2.45) is 0 Å².